The normalized spacial score (nSPS) is 29.9. The topological polar surface area (TPSA) is 47.6 Å². The van der Waals surface area contributed by atoms with E-state index in [9.17, 15) is 4.21 Å². The van der Waals surface area contributed by atoms with Gasteiger partial charge in [-0.25, -0.2) is 4.21 Å². The third kappa shape index (κ3) is 2.74. The van der Waals surface area contributed by atoms with Gasteiger partial charge in [-0.1, -0.05) is 0 Å². The average Bonchev–Trinajstić information content (AvgIpc) is 1.88. The Morgan fingerprint density at radius 3 is 3.10 bits per heavy atom. The van der Waals surface area contributed by atoms with Crippen LogP contribution in [0, 0.1) is 0 Å². The highest BCUT2D eigenvalue weighted by molar-refractivity contribution is 7.79. The molecule has 1 aliphatic rings. The lowest BCUT2D eigenvalue weighted by atomic mass is 10.5. The van der Waals surface area contributed by atoms with Crippen LogP contribution in [0.25, 0.3) is 0 Å². The Labute approximate surface area is 62.6 Å². The van der Waals surface area contributed by atoms with Gasteiger partial charge >= 0.3 is 0 Å². The van der Waals surface area contributed by atoms with Gasteiger partial charge in [0.1, 0.15) is 0 Å². The molecule has 1 heterocycles. The molecule has 10 heavy (non-hydrogen) atoms. The monoisotopic (exact) mass is 165 g/mol. The number of morpholine rings is 1. The maximum absolute atomic E-state index is 10.5. The Bertz CT molecular complexity index is 124. The molecule has 1 aliphatic heterocycles. The minimum atomic E-state index is -1.23. The molecule has 0 aromatic heterocycles. The van der Waals surface area contributed by atoms with Gasteiger partial charge in [0, 0.05) is 19.3 Å². The third-order valence-electron chi connectivity index (χ3n) is 1.14. The highest BCUT2D eigenvalue weighted by atomic mass is 32.2. The van der Waals surface area contributed by atoms with Crippen molar-refractivity contribution in [3.8, 4) is 0 Å². The first kappa shape index (κ1) is 8.13. The summed E-state index contributed by atoms with van der Waals surface area (Å²) in [6.45, 7) is 2.09. The maximum Gasteiger partial charge on any atom is 0.185 e. The third-order valence-corrected chi connectivity index (χ3v) is 1.62. The Balaban J connectivity index is 2.19. The Morgan fingerprint density at radius 2 is 2.60 bits per heavy atom. The number of ether oxygens (including phenoxy) is 1. The number of nitrogens with one attached hydrogen (secondary N) is 1. The summed E-state index contributed by atoms with van der Waals surface area (Å²) in [6.07, 6.45) is 1.15. The van der Waals surface area contributed by atoms with Crippen molar-refractivity contribution >= 4 is 11.1 Å². The van der Waals surface area contributed by atoms with Crippen molar-refractivity contribution in [1.29, 1.82) is 0 Å². The van der Waals surface area contributed by atoms with Crippen LogP contribution in [0.2, 0.25) is 0 Å². The molecule has 1 fully saturated rings. The van der Waals surface area contributed by atoms with Gasteiger partial charge in [-0.15, -0.1) is 0 Å². The minimum Gasteiger partial charge on any atom is -0.349 e. The zero-order valence-electron chi connectivity index (χ0n) is 5.83. The Kier molecular flexibility index (Phi) is 3.27. The first-order valence-electron chi connectivity index (χ1n) is 3.12. The van der Waals surface area contributed by atoms with Crippen LogP contribution in [0.3, 0.4) is 0 Å². The molecule has 0 spiro atoms. The molecule has 0 bridgehead atoms. The predicted octanol–water partition coefficient (Wildman–Crippen LogP) is -0.758. The molecule has 1 saturated heterocycles. The lowest BCUT2D eigenvalue weighted by molar-refractivity contribution is -0.0876. The van der Waals surface area contributed by atoms with E-state index in [4.69, 9.17) is 8.92 Å². The minimum absolute atomic E-state index is 0.334. The molecule has 4 nitrogen and oxygen atoms in total. The van der Waals surface area contributed by atoms with Gasteiger partial charge in [0.15, 0.2) is 17.4 Å². The van der Waals surface area contributed by atoms with Crippen LogP contribution >= 0.6 is 0 Å². The standard InChI is InChI=1S/C5H11NO3S/c1-10(7)9-5-4-6-2-3-8-5/h5-6H,2-4H2,1H3. The summed E-state index contributed by atoms with van der Waals surface area (Å²) in [5, 5.41) is 3.06. The first-order valence-corrected chi connectivity index (χ1v) is 4.60. The van der Waals surface area contributed by atoms with Crippen LogP contribution in [0.1, 0.15) is 0 Å². The second kappa shape index (κ2) is 4.02. The van der Waals surface area contributed by atoms with E-state index in [1.54, 1.807) is 0 Å². The second-order valence-electron chi connectivity index (χ2n) is 2.00. The van der Waals surface area contributed by atoms with Crippen LogP contribution in [0.15, 0.2) is 0 Å². The fourth-order valence-electron chi connectivity index (χ4n) is 0.754. The van der Waals surface area contributed by atoms with Crippen LogP contribution in [0.5, 0.6) is 0 Å². The first-order chi connectivity index (χ1) is 4.79. The number of hydrogen-bond acceptors (Lipinski definition) is 4. The molecule has 0 aliphatic carbocycles. The van der Waals surface area contributed by atoms with E-state index in [1.807, 2.05) is 0 Å². The van der Waals surface area contributed by atoms with E-state index < -0.39 is 11.1 Å². The molecule has 2 atom stereocenters. The molecule has 0 aromatic rings. The molecule has 1 rings (SSSR count). The van der Waals surface area contributed by atoms with E-state index >= 15 is 0 Å². The summed E-state index contributed by atoms with van der Waals surface area (Å²) in [4.78, 5) is 0. The second-order valence-corrected chi connectivity index (χ2v) is 3.00. The van der Waals surface area contributed by atoms with Gasteiger partial charge in [-0.05, 0) is 0 Å². The fourth-order valence-corrected chi connectivity index (χ4v) is 1.18. The van der Waals surface area contributed by atoms with Gasteiger partial charge in [-0.2, -0.15) is 0 Å². The smallest absolute Gasteiger partial charge is 0.185 e. The summed E-state index contributed by atoms with van der Waals surface area (Å²) in [5.74, 6) is 0. The van der Waals surface area contributed by atoms with Crippen molar-refractivity contribution in [3.05, 3.63) is 0 Å². The lowest BCUT2D eigenvalue weighted by Gasteiger charge is -2.21. The lowest BCUT2D eigenvalue weighted by Crippen LogP contribution is -2.40. The van der Waals surface area contributed by atoms with Gasteiger partial charge in [-0.3, -0.25) is 4.18 Å². The molecule has 2 unspecified atom stereocenters. The molecule has 0 amide bonds. The molecule has 0 radical (unpaired) electrons. The summed E-state index contributed by atoms with van der Waals surface area (Å²) in [5.41, 5.74) is 0. The number of rotatable bonds is 2. The van der Waals surface area contributed by atoms with Gasteiger partial charge < -0.3 is 10.1 Å². The SMILES string of the molecule is CS(=O)OC1CNCCO1. The molecule has 60 valence electrons. The van der Waals surface area contributed by atoms with Crippen LogP contribution in [0.4, 0.5) is 0 Å². The summed E-state index contributed by atoms with van der Waals surface area (Å²) < 4.78 is 20.5. The van der Waals surface area contributed by atoms with Crippen molar-refractivity contribution in [2.75, 3.05) is 26.0 Å². The van der Waals surface area contributed by atoms with Crippen molar-refractivity contribution in [2.45, 2.75) is 6.29 Å². The summed E-state index contributed by atoms with van der Waals surface area (Å²) in [7, 11) is 0. The molecular formula is C5H11NO3S. The van der Waals surface area contributed by atoms with E-state index in [2.05, 4.69) is 5.32 Å². The Hall–Kier alpha value is 0.0300. The van der Waals surface area contributed by atoms with Gasteiger partial charge in [0.05, 0.1) is 6.61 Å². The van der Waals surface area contributed by atoms with Crippen LogP contribution in [-0.2, 0) is 20.0 Å². The molecule has 5 heteroatoms. The largest absolute Gasteiger partial charge is 0.349 e. The highest BCUT2D eigenvalue weighted by Crippen LogP contribution is 1.98. The van der Waals surface area contributed by atoms with Crippen molar-refractivity contribution in [3.63, 3.8) is 0 Å². The van der Waals surface area contributed by atoms with E-state index in [-0.39, 0.29) is 6.29 Å². The molecule has 0 aromatic carbocycles. The quantitative estimate of drug-likeness (QED) is 0.584. The molecule has 0 saturated carbocycles. The zero-order valence-corrected chi connectivity index (χ0v) is 6.65. The molecular weight excluding hydrogens is 154 g/mol. The zero-order chi connectivity index (χ0) is 7.40. The van der Waals surface area contributed by atoms with Crippen molar-refractivity contribution < 1.29 is 13.1 Å². The van der Waals surface area contributed by atoms with E-state index in [1.165, 1.54) is 6.26 Å². The summed E-state index contributed by atoms with van der Waals surface area (Å²) in [6, 6.07) is 0. The van der Waals surface area contributed by atoms with Crippen molar-refractivity contribution in [1.82, 2.24) is 5.32 Å². The van der Waals surface area contributed by atoms with Gasteiger partial charge in [0.2, 0.25) is 0 Å². The van der Waals surface area contributed by atoms with Gasteiger partial charge in [0.25, 0.3) is 0 Å². The van der Waals surface area contributed by atoms with E-state index in [0.717, 1.165) is 6.54 Å². The van der Waals surface area contributed by atoms with Crippen molar-refractivity contribution in [2.24, 2.45) is 0 Å². The fraction of sp³-hybridized carbons (Fsp3) is 1.00. The van der Waals surface area contributed by atoms with E-state index in [0.29, 0.717) is 13.2 Å². The molecule has 1 N–H and O–H groups in total. The average molecular weight is 165 g/mol. The predicted molar refractivity (Wildman–Crippen MR) is 37.8 cm³/mol. The van der Waals surface area contributed by atoms with Crippen LogP contribution in [-0.4, -0.2) is 36.5 Å². The highest BCUT2D eigenvalue weighted by Gasteiger charge is 2.14. The van der Waals surface area contributed by atoms with Crippen LogP contribution < -0.4 is 5.32 Å². The summed E-state index contributed by atoms with van der Waals surface area (Å²) >= 11 is -1.23. The number of hydrogen-bond donors (Lipinski definition) is 1. The maximum atomic E-state index is 10.5. The Morgan fingerprint density at radius 1 is 1.80 bits per heavy atom.